The lowest BCUT2D eigenvalue weighted by Gasteiger charge is -2.19. The summed E-state index contributed by atoms with van der Waals surface area (Å²) >= 11 is 6.71. The Hall–Kier alpha value is -5.44. The van der Waals surface area contributed by atoms with Crippen LogP contribution in [0.25, 0.3) is 22.3 Å². The highest BCUT2D eigenvalue weighted by molar-refractivity contribution is 6.32. The third-order valence-electron chi connectivity index (χ3n) is 9.70. The third kappa shape index (κ3) is 9.19. The van der Waals surface area contributed by atoms with Gasteiger partial charge in [-0.15, -0.1) is 0 Å². The lowest BCUT2D eigenvalue weighted by Crippen LogP contribution is -2.35. The molecule has 1 atom stereocenters. The van der Waals surface area contributed by atoms with Crippen LogP contribution in [0.1, 0.15) is 51.8 Å². The minimum Gasteiger partial charge on any atom is -0.496 e. The molecule has 0 radical (unpaired) electrons. The summed E-state index contributed by atoms with van der Waals surface area (Å²) < 4.78 is 18.3. The molecule has 4 N–H and O–H groups in total. The molecule has 6 rings (SSSR count). The van der Waals surface area contributed by atoms with Crippen molar-refractivity contribution in [2.24, 2.45) is 0 Å². The zero-order valence-corrected chi connectivity index (χ0v) is 31.4. The van der Waals surface area contributed by atoms with Gasteiger partial charge in [0.15, 0.2) is 0 Å². The van der Waals surface area contributed by atoms with Gasteiger partial charge in [0.1, 0.15) is 36.5 Å². The van der Waals surface area contributed by atoms with Crippen molar-refractivity contribution in [3.63, 3.8) is 0 Å². The first kappa shape index (κ1) is 38.3. The number of nitrogens with zero attached hydrogens (tertiary/aromatic N) is 2. The van der Waals surface area contributed by atoms with Gasteiger partial charge in [0.2, 0.25) is 5.91 Å². The summed E-state index contributed by atoms with van der Waals surface area (Å²) in [5.74, 6) is 1.93. The Morgan fingerprint density at radius 3 is 2.39 bits per heavy atom. The highest BCUT2D eigenvalue weighted by Gasteiger charge is 2.20. The topological polar surface area (TPSA) is 138 Å². The predicted molar refractivity (Wildman–Crippen MR) is 209 cm³/mol. The van der Waals surface area contributed by atoms with Gasteiger partial charge in [0, 0.05) is 67.2 Å². The number of benzene rings is 4. The number of aliphatic hydroxyl groups excluding tert-OH is 1. The van der Waals surface area contributed by atoms with Gasteiger partial charge in [0.05, 0.1) is 24.4 Å². The molecule has 4 aromatic carbocycles. The van der Waals surface area contributed by atoms with Crippen LogP contribution in [0.2, 0.25) is 5.02 Å². The Balaban J connectivity index is 1.19. The van der Waals surface area contributed by atoms with Crippen molar-refractivity contribution in [2.75, 3.05) is 20.4 Å². The molecule has 1 fully saturated rings. The monoisotopic (exact) mass is 745 g/mol. The molecule has 5 aromatic rings. The summed E-state index contributed by atoms with van der Waals surface area (Å²) in [7, 11) is 1.69. The number of aliphatic hydroxyl groups is 1. The first-order valence-electron chi connectivity index (χ1n) is 17.9. The number of amides is 1. The van der Waals surface area contributed by atoms with Crippen LogP contribution >= 0.6 is 11.6 Å². The van der Waals surface area contributed by atoms with E-state index in [0.717, 1.165) is 74.3 Å². The highest BCUT2D eigenvalue weighted by atomic mass is 35.5. The molecule has 10 nitrogen and oxygen atoms in total. The van der Waals surface area contributed by atoms with E-state index in [4.69, 9.17) is 25.8 Å². The summed E-state index contributed by atoms with van der Waals surface area (Å²) in [6, 6.07) is 26.4. The Morgan fingerprint density at radius 2 is 1.63 bits per heavy atom. The van der Waals surface area contributed by atoms with Crippen LogP contribution in [0, 0.1) is 25.2 Å². The van der Waals surface area contributed by atoms with E-state index in [1.165, 1.54) is 6.20 Å². The van der Waals surface area contributed by atoms with Gasteiger partial charge in [-0.3, -0.25) is 15.1 Å². The largest absolute Gasteiger partial charge is 0.496 e. The second-order valence-electron chi connectivity index (χ2n) is 13.3. The number of halogens is 1. The lowest BCUT2D eigenvalue weighted by atomic mass is 9.89. The maximum Gasteiger partial charge on any atom is 0.220 e. The van der Waals surface area contributed by atoms with Crippen molar-refractivity contribution >= 4 is 17.5 Å². The zero-order valence-electron chi connectivity index (χ0n) is 30.7. The first-order valence-corrected chi connectivity index (χ1v) is 18.2. The Bertz CT molecular complexity index is 2170. The van der Waals surface area contributed by atoms with Crippen LogP contribution in [0.3, 0.4) is 0 Å². The summed E-state index contributed by atoms with van der Waals surface area (Å²) in [6.07, 6.45) is 4.60. The van der Waals surface area contributed by atoms with Crippen LogP contribution in [-0.2, 0) is 31.1 Å². The Kier molecular flexibility index (Phi) is 12.8. The molecule has 1 aliphatic rings. The average Bonchev–Trinajstić information content (AvgIpc) is 3.61. The highest BCUT2D eigenvalue weighted by Crippen LogP contribution is 2.38. The lowest BCUT2D eigenvalue weighted by molar-refractivity contribution is -0.119. The molecular weight excluding hydrogens is 702 g/mol. The van der Waals surface area contributed by atoms with Crippen molar-refractivity contribution in [1.29, 1.82) is 5.26 Å². The van der Waals surface area contributed by atoms with Gasteiger partial charge in [-0.1, -0.05) is 60.1 Å². The van der Waals surface area contributed by atoms with Gasteiger partial charge >= 0.3 is 0 Å². The zero-order chi connectivity index (χ0) is 38.0. The standard InChI is InChI=1S/C43H44ClN5O5/c1-27-33(25-54-42-17-41(34(15-39(42)44)22-48-26-50)53-24-30-14-29(18-45)19-46-20-30)6-4-8-37(27)38-9-5-7-36(28(38)2)31-10-11-32(40(16-31)52-3)21-47-23-35-12-13-43(51)49-35/h4-11,14-17,19-20,35,47-48,50H,12-13,21-26H2,1-3H3,(H,49,51). The summed E-state index contributed by atoms with van der Waals surface area (Å²) in [6.45, 7) is 6.20. The maximum absolute atomic E-state index is 11.6. The van der Waals surface area contributed by atoms with Crippen LogP contribution in [0.4, 0.5) is 0 Å². The van der Waals surface area contributed by atoms with Crippen LogP contribution < -0.4 is 30.2 Å². The van der Waals surface area contributed by atoms with Crippen molar-refractivity contribution in [3.8, 4) is 45.6 Å². The minimum absolute atomic E-state index is 0.118. The molecular formula is C43H44ClN5O5. The van der Waals surface area contributed by atoms with Gasteiger partial charge in [-0.25, -0.2) is 0 Å². The summed E-state index contributed by atoms with van der Waals surface area (Å²) in [4.78, 5) is 15.7. The number of carbonyl (C=O) groups excluding carboxylic acids is 1. The van der Waals surface area contributed by atoms with E-state index in [1.807, 2.05) is 6.07 Å². The molecule has 1 unspecified atom stereocenters. The number of methoxy groups -OCH3 is 1. The number of hydrogen-bond donors (Lipinski definition) is 4. The van der Waals surface area contributed by atoms with Gasteiger partial charge in [0.25, 0.3) is 0 Å². The molecule has 1 aromatic heterocycles. The first-order chi connectivity index (χ1) is 26.3. The van der Waals surface area contributed by atoms with Gasteiger partial charge < -0.3 is 30.0 Å². The smallest absolute Gasteiger partial charge is 0.220 e. The summed E-state index contributed by atoms with van der Waals surface area (Å²) in [5, 5.41) is 28.4. The number of nitriles is 1. The maximum atomic E-state index is 11.6. The van der Waals surface area contributed by atoms with Crippen LogP contribution in [0.5, 0.6) is 17.2 Å². The van der Waals surface area contributed by atoms with Gasteiger partial charge in [-0.2, -0.15) is 5.26 Å². The SMILES string of the molecule is COc1cc(-c2cccc(-c3cccc(COc4cc(OCc5cncc(C#N)c5)c(CNCO)cc4Cl)c3C)c2C)ccc1CNCC1CCC(=O)N1. The summed E-state index contributed by atoms with van der Waals surface area (Å²) in [5.41, 5.74) is 10.7. The quantitative estimate of drug-likeness (QED) is 0.0778. The molecule has 1 saturated heterocycles. The van der Waals surface area contributed by atoms with Crippen molar-refractivity contribution in [2.45, 2.75) is 59.0 Å². The third-order valence-corrected chi connectivity index (χ3v) is 10.00. The normalized spacial score (nSPS) is 13.7. The molecule has 278 valence electrons. The number of rotatable bonds is 16. The molecule has 0 spiro atoms. The Labute approximate surface area is 321 Å². The molecule has 1 amide bonds. The van der Waals surface area contributed by atoms with E-state index in [2.05, 4.69) is 89.4 Å². The van der Waals surface area contributed by atoms with Crippen molar-refractivity contribution < 1.29 is 24.1 Å². The van der Waals surface area contributed by atoms with E-state index in [0.29, 0.717) is 41.6 Å². The predicted octanol–water partition coefficient (Wildman–Crippen LogP) is 7.13. The number of nitrogens with one attached hydrogen (secondary N) is 3. The second-order valence-corrected chi connectivity index (χ2v) is 13.7. The van der Waals surface area contributed by atoms with E-state index >= 15 is 0 Å². The number of pyridine rings is 1. The van der Waals surface area contributed by atoms with Crippen molar-refractivity contribution in [1.82, 2.24) is 20.9 Å². The molecule has 0 bridgehead atoms. The van der Waals surface area contributed by atoms with Crippen LogP contribution in [-0.4, -0.2) is 42.4 Å². The number of aromatic nitrogens is 1. The molecule has 1 aliphatic heterocycles. The fourth-order valence-corrected chi connectivity index (χ4v) is 6.98. The molecule has 54 heavy (non-hydrogen) atoms. The molecule has 11 heteroatoms. The van der Waals surface area contributed by atoms with Crippen LogP contribution in [0.15, 0.2) is 85.2 Å². The second kappa shape index (κ2) is 18.1. The fraction of sp³-hybridized carbons (Fsp3) is 0.279. The molecule has 0 aliphatic carbocycles. The minimum atomic E-state index is -0.205. The van der Waals surface area contributed by atoms with E-state index in [1.54, 1.807) is 31.5 Å². The van der Waals surface area contributed by atoms with E-state index in [-0.39, 0.29) is 31.9 Å². The Morgan fingerprint density at radius 1 is 0.870 bits per heavy atom. The molecule has 2 heterocycles. The van der Waals surface area contributed by atoms with E-state index in [9.17, 15) is 15.2 Å². The number of carbonyl (C=O) groups is 1. The molecule has 0 saturated carbocycles. The number of ether oxygens (including phenoxy) is 3. The average molecular weight is 746 g/mol. The fourth-order valence-electron chi connectivity index (χ4n) is 6.74. The van der Waals surface area contributed by atoms with Crippen molar-refractivity contribution in [3.05, 3.63) is 129 Å². The van der Waals surface area contributed by atoms with E-state index < -0.39 is 0 Å². The number of hydrogen-bond acceptors (Lipinski definition) is 9. The van der Waals surface area contributed by atoms with Gasteiger partial charge in [-0.05, 0) is 77.4 Å².